The van der Waals surface area contributed by atoms with E-state index in [1.807, 2.05) is 12.1 Å². The number of benzene rings is 1. The van der Waals surface area contributed by atoms with Crippen LogP contribution in [0.1, 0.15) is 11.8 Å². The standard InChI is InChI=1S/C19H19N5O4/c1-26-15-6-5-14(8-16(15)27-2)21-19(25)24-10-13(11-24)18-22-17(23-28-18)12-4-3-7-20-9-12/h3-9,13H,10-11H2,1-2H3,(H,21,25). The zero-order valence-electron chi connectivity index (χ0n) is 15.5. The summed E-state index contributed by atoms with van der Waals surface area (Å²) in [4.78, 5) is 22.6. The van der Waals surface area contributed by atoms with E-state index in [1.54, 1.807) is 49.7 Å². The third kappa shape index (κ3) is 3.46. The lowest BCUT2D eigenvalue weighted by atomic mass is 10.0. The van der Waals surface area contributed by atoms with Crippen molar-refractivity contribution in [2.45, 2.75) is 5.92 Å². The first kappa shape index (κ1) is 17.8. The third-order valence-electron chi connectivity index (χ3n) is 4.51. The molecule has 9 nitrogen and oxygen atoms in total. The molecule has 0 atom stereocenters. The van der Waals surface area contributed by atoms with Crippen LogP contribution >= 0.6 is 0 Å². The number of carbonyl (C=O) groups excluding carboxylic acids is 1. The number of ether oxygens (including phenoxy) is 2. The van der Waals surface area contributed by atoms with Crippen LogP contribution in [0.25, 0.3) is 11.4 Å². The fourth-order valence-electron chi connectivity index (χ4n) is 2.93. The molecule has 4 rings (SSSR count). The quantitative estimate of drug-likeness (QED) is 0.725. The number of methoxy groups -OCH3 is 2. The van der Waals surface area contributed by atoms with Gasteiger partial charge in [0.25, 0.3) is 0 Å². The maximum absolute atomic E-state index is 12.4. The van der Waals surface area contributed by atoms with Gasteiger partial charge in [0, 0.05) is 42.8 Å². The van der Waals surface area contributed by atoms with Gasteiger partial charge in [-0.3, -0.25) is 4.98 Å². The molecule has 1 aromatic carbocycles. The number of hydrogen-bond acceptors (Lipinski definition) is 7. The number of nitrogens with one attached hydrogen (secondary N) is 1. The minimum atomic E-state index is -0.199. The lowest BCUT2D eigenvalue weighted by Gasteiger charge is -2.36. The van der Waals surface area contributed by atoms with Crippen molar-refractivity contribution in [3.8, 4) is 22.9 Å². The van der Waals surface area contributed by atoms with Gasteiger partial charge in [-0.05, 0) is 24.3 Å². The zero-order chi connectivity index (χ0) is 19.5. The van der Waals surface area contributed by atoms with Crippen LogP contribution in [-0.2, 0) is 0 Å². The highest BCUT2D eigenvalue weighted by atomic mass is 16.5. The zero-order valence-corrected chi connectivity index (χ0v) is 15.5. The number of likely N-dealkylation sites (tertiary alicyclic amines) is 1. The summed E-state index contributed by atoms with van der Waals surface area (Å²) in [5.41, 5.74) is 1.42. The molecule has 3 heterocycles. The summed E-state index contributed by atoms with van der Waals surface area (Å²) in [6.45, 7) is 1.02. The first-order valence-corrected chi connectivity index (χ1v) is 8.70. The molecule has 2 aromatic heterocycles. The normalized spacial score (nSPS) is 13.7. The van der Waals surface area contributed by atoms with Crippen molar-refractivity contribution in [1.29, 1.82) is 0 Å². The van der Waals surface area contributed by atoms with Gasteiger partial charge in [0.15, 0.2) is 11.5 Å². The predicted octanol–water partition coefficient (Wildman–Crippen LogP) is 2.78. The Morgan fingerprint density at radius 1 is 1.21 bits per heavy atom. The van der Waals surface area contributed by atoms with Crippen LogP contribution in [-0.4, -0.2) is 53.4 Å². The summed E-state index contributed by atoms with van der Waals surface area (Å²) in [5.74, 6) is 2.19. The Morgan fingerprint density at radius 2 is 2.04 bits per heavy atom. The van der Waals surface area contributed by atoms with Crippen LogP contribution in [0, 0.1) is 0 Å². The SMILES string of the molecule is COc1ccc(NC(=O)N2CC(c3nc(-c4cccnc4)no3)C2)cc1OC. The van der Waals surface area contributed by atoms with Crippen LogP contribution in [0.3, 0.4) is 0 Å². The minimum Gasteiger partial charge on any atom is -0.493 e. The van der Waals surface area contributed by atoms with Gasteiger partial charge in [0.1, 0.15) is 0 Å². The van der Waals surface area contributed by atoms with Gasteiger partial charge in [0.2, 0.25) is 11.7 Å². The molecule has 0 spiro atoms. The van der Waals surface area contributed by atoms with E-state index in [1.165, 1.54) is 0 Å². The van der Waals surface area contributed by atoms with Crippen LogP contribution in [0.4, 0.5) is 10.5 Å². The molecule has 0 unspecified atom stereocenters. The second-order valence-corrected chi connectivity index (χ2v) is 6.30. The van der Waals surface area contributed by atoms with Gasteiger partial charge in [0.05, 0.1) is 20.1 Å². The summed E-state index contributed by atoms with van der Waals surface area (Å²) in [7, 11) is 3.11. The van der Waals surface area contributed by atoms with E-state index in [0.29, 0.717) is 42.0 Å². The van der Waals surface area contributed by atoms with Gasteiger partial charge in [-0.1, -0.05) is 5.16 Å². The second kappa shape index (κ2) is 7.55. The molecule has 3 aromatic rings. The molecule has 0 bridgehead atoms. The molecule has 1 N–H and O–H groups in total. The van der Waals surface area contributed by atoms with Crippen LogP contribution in [0.15, 0.2) is 47.2 Å². The Balaban J connectivity index is 1.35. The molecule has 1 saturated heterocycles. The lowest BCUT2D eigenvalue weighted by Crippen LogP contribution is -2.50. The Bertz CT molecular complexity index is 969. The Kier molecular flexibility index (Phi) is 4.79. The topological polar surface area (TPSA) is 103 Å². The van der Waals surface area contributed by atoms with E-state index in [2.05, 4.69) is 20.4 Å². The Hall–Kier alpha value is -3.62. The summed E-state index contributed by atoms with van der Waals surface area (Å²) in [5, 5.41) is 6.84. The van der Waals surface area contributed by atoms with Crippen molar-refractivity contribution in [2.24, 2.45) is 0 Å². The maximum Gasteiger partial charge on any atom is 0.321 e. The number of nitrogens with zero attached hydrogens (tertiary/aromatic N) is 4. The number of rotatable bonds is 5. The first-order chi connectivity index (χ1) is 13.7. The van der Waals surface area contributed by atoms with Crippen LogP contribution in [0.2, 0.25) is 0 Å². The molecule has 28 heavy (non-hydrogen) atoms. The molecule has 1 aliphatic rings. The van der Waals surface area contributed by atoms with Crippen molar-refractivity contribution in [1.82, 2.24) is 20.0 Å². The fourth-order valence-corrected chi connectivity index (χ4v) is 2.93. The average molecular weight is 381 g/mol. The number of urea groups is 1. The average Bonchev–Trinajstić information content (AvgIpc) is 3.17. The largest absolute Gasteiger partial charge is 0.493 e. The van der Waals surface area contributed by atoms with Crippen molar-refractivity contribution >= 4 is 11.7 Å². The molecule has 0 aliphatic carbocycles. The first-order valence-electron chi connectivity index (χ1n) is 8.70. The predicted molar refractivity (Wildman–Crippen MR) is 100 cm³/mol. The van der Waals surface area contributed by atoms with Crippen molar-refractivity contribution in [3.63, 3.8) is 0 Å². The molecule has 1 aliphatic heterocycles. The third-order valence-corrected chi connectivity index (χ3v) is 4.51. The highest BCUT2D eigenvalue weighted by Gasteiger charge is 2.35. The van der Waals surface area contributed by atoms with E-state index >= 15 is 0 Å². The number of carbonyl (C=O) groups is 1. The highest BCUT2D eigenvalue weighted by molar-refractivity contribution is 5.90. The van der Waals surface area contributed by atoms with Crippen molar-refractivity contribution < 1.29 is 18.8 Å². The molecule has 144 valence electrons. The number of aromatic nitrogens is 3. The number of amides is 2. The lowest BCUT2D eigenvalue weighted by molar-refractivity contribution is 0.147. The van der Waals surface area contributed by atoms with E-state index in [4.69, 9.17) is 14.0 Å². The van der Waals surface area contributed by atoms with Crippen molar-refractivity contribution in [3.05, 3.63) is 48.6 Å². The molecule has 0 radical (unpaired) electrons. The van der Waals surface area contributed by atoms with Crippen molar-refractivity contribution in [2.75, 3.05) is 32.6 Å². The minimum absolute atomic E-state index is 0.0223. The van der Waals surface area contributed by atoms with E-state index in [0.717, 1.165) is 5.56 Å². The molecular formula is C19H19N5O4. The fraction of sp³-hybridized carbons (Fsp3) is 0.263. The molecule has 2 amide bonds. The number of hydrogen-bond donors (Lipinski definition) is 1. The Morgan fingerprint density at radius 3 is 2.75 bits per heavy atom. The van der Waals surface area contributed by atoms with E-state index in [9.17, 15) is 4.79 Å². The van der Waals surface area contributed by atoms with E-state index in [-0.39, 0.29) is 11.9 Å². The molecule has 1 fully saturated rings. The summed E-state index contributed by atoms with van der Waals surface area (Å²) in [6, 6.07) is 8.70. The summed E-state index contributed by atoms with van der Waals surface area (Å²) >= 11 is 0. The maximum atomic E-state index is 12.4. The summed E-state index contributed by atoms with van der Waals surface area (Å²) < 4.78 is 15.8. The monoisotopic (exact) mass is 381 g/mol. The van der Waals surface area contributed by atoms with Gasteiger partial charge < -0.3 is 24.2 Å². The number of anilines is 1. The molecular weight excluding hydrogens is 362 g/mol. The molecule has 0 saturated carbocycles. The summed E-state index contributed by atoms with van der Waals surface area (Å²) in [6.07, 6.45) is 3.36. The van der Waals surface area contributed by atoms with E-state index < -0.39 is 0 Å². The van der Waals surface area contributed by atoms with Gasteiger partial charge in [-0.2, -0.15) is 4.98 Å². The molecule has 9 heteroatoms. The highest BCUT2D eigenvalue weighted by Crippen LogP contribution is 2.31. The second-order valence-electron chi connectivity index (χ2n) is 6.30. The van der Waals surface area contributed by atoms with Crippen LogP contribution in [0.5, 0.6) is 11.5 Å². The number of pyridine rings is 1. The Labute approximate surface area is 161 Å². The smallest absolute Gasteiger partial charge is 0.321 e. The van der Waals surface area contributed by atoms with Gasteiger partial charge >= 0.3 is 6.03 Å². The van der Waals surface area contributed by atoms with Gasteiger partial charge in [-0.25, -0.2) is 4.79 Å². The van der Waals surface area contributed by atoms with Crippen LogP contribution < -0.4 is 14.8 Å². The van der Waals surface area contributed by atoms with Gasteiger partial charge in [-0.15, -0.1) is 0 Å².